The molecule has 7 aromatic carbocycles. The van der Waals surface area contributed by atoms with Crippen LogP contribution in [0.25, 0.3) is 78.2 Å². The third-order valence-corrected chi connectivity index (χ3v) is 9.17. The number of hydrogen-bond acceptors (Lipinski definition) is 6. The minimum absolute atomic E-state index is 0.596. The van der Waals surface area contributed by atoms with E-state index in [0.717, 1.165) is 83.5 Å². The Morgan fingerprint density at radius 3 is 1.32 bits per heavy atom. The summed E-state index contributed by atoms with van der Waals surface area (Å²) in [6.45, 7) is 0. The Balaban J connectivity index is 1.03. The van der Waals surface area contributed by atoms with E-state index in [4.69, 9.17) is 23.2 Å². The van der Waals surface area contributed by atoms with Gasteiger partial charge in [-0.15, -0.1) is 0 Å². The molecule has 3 aromatic heterocycles. The largest absolute Gasteiger partial charge is 0.456 e. The summed E-state index contributed by atoms with van der Waals surface area (Å²) in [4.78, 5) is 11.6. The highest BCUT2D eigenvalue weighted by Gasteiger charge is 2.16. The van der Waals surface area contributed by atoms with E-state index < -0.39 is 0 Å². The quantitative estimate of drug-likeness (QED) is 0.179. The molecule has 0 bridgehead atoms. The Kier molecular flexibility index (Phi) is 6.39. The topological polar surface area (TPSA) is 68.4 Å². The van der Waals surface area contributed by atoms with Gasteiger partial charge in [0.25, 0.3) is 0 Å². The summed E-state index contributed by atoms with van der Waals surface area (Å²) >= 11 is 0. The molecule has 236 valence electrons. The summed E-state index contributed by atoms with van der Waals surface area (Å²) in [6, 6.07) is 55.5. The number of furan rings is 1. The lowest BCUT2D eigenvalue weighted by Crippen LogP contribution is -2.09. The first-order valence-electron chi connectivity index (χ1n) is 16.5. The first-order chi connectivity index (χ1) is 24.7. The molecule has 0 radical (unpaired) electrons. The van der Waals surface area contributed by atoms with Crippen LogP contribution in [0.1, 0.15) is 0 Å². The molecular formula is C44H27N3O3. The lowest BCUT2D eigenvalue weighted by molar-refractivity contribution is 0.619. The number of fused-ring (bicyclic) bond motifs is 5. The summed E-state index contributed by atoms with van der Waals surface area (Å²) in [5, 5.41) is 2.23. The lowest BCUT2D eigenvalue weighted by Gasteiger charge is -2.26. The van der Waals surface area contributed by atoms with E-state index in [2.05, 4.69) is 102 Å². The van der Waals surface area contributed by atoms with Gasteiger partial charge in [0.05, 0.1) is 0 Å². The van der Waals surface area contributed by atoms with Crippen LogP contribution < -0.4 is 4.90 Å². The first kappa shape index (κ1) is 28.1. The van der Waals surface area contributed by atoms with Gasteiger partial charge in [-0.1, -0.05) is 60.7 Å². The van der Waals surface area contributed by atoms with Crippen molar-refractivity contribution in [3.8, 4) is 34.0 Å². The molecule has 0 saturated carbocycles. The summed E-state index contributed by atoms with van der Waals surface area (Å²) in [5.74, 6) is 1.19. The Morgan fingerprint density at radius 1 is 0.340 bits per heavy atom. The average Bonchev–Trinajstić information content (AvgIpc) is 3.91. The fraction of sp³-hybridized carbons (Fsp3) is 0. The molecule has 0 saturated heterocycles. The van der Waals surface area contributed by atoms with Crippen molar-refractivity contribution in [2.24, 2.45) is 0 Å². The van der Waals surface area contributed by atoms with Gasteiger partial charge >= 0.3 is 0 Å². The normalized spacial score (nSPS) is 11.6. The van der Waals surface area contributed by atoms with Crippen molar-refractivity contribution in [2.45, 2.75) is 0 Å². The number of benzene rings is 7. The zero-order valence-corrected chi connectivity index (χ0v) is 26.7. The van der Waals surface area contributed by atoms with Gasteiger partial charge in [0.1, 0.15) is 22.2 Å². The van der Waals surface area contributed by atoms with Crippen molar-refractivity contribution in [3.05, 3.63) is 164 Å². The highest BCUT2D eigenvalue weighted by molar-refractivity contribution is 6.06. The van der Waals surface area contributed by atoms with E-state index in [1.165, 1.54) is 0 Å². The fourth-order valence-corrected chi connectivity index (χ4v) is 6.65. The molecule has 6 heteroatoms. The molecular weight excluding hydrogens is 619 g/mol. The van der Waals surface area contributed by atoms with Gasteiger partial charge in [0.15, 0.2) is 11.2 Å². The van der Waals surface area contributed by atoms with Crippen LogP contribution in [-0.2, 0) is 0 Å². The third-order valence-electron chi connectivity index (χ3n) is 9.17. The molecule has 10 rings (SSSR count). The highest BCUT2D eigenvalue weighted by atomic mass is 16.4. The zero-order valence-electron chi connectivity index (χ0n) is 26.7. The Morgan fingerprint density at radius 2 is 0.780 bits per heavy atom. The number of nitrogens with zero attached hydrogens (tertiary/aromatic N) is 3. The molecule has 0 aliphatic carbocycles. The van der Waals surface area contributed by atoms with Gasteiger partial charge < -0.3 is 18.2 Å². The summed E-state index contributed by atoms with van der Waals surface area (Å²) in [5.41, 5.74) is 12.1. The van der Waals surface area contributed by atoms with Crippen LogP contribution in [0.3, 0.4) is 0 Å². The standard InChI is InChI=1S/C44H27N3O3/c1-4-10-39-35(7-1)36-27-31(19-26-40(36)48-39)28-13-20-32(21-14-28)47(33-22-15-29(16-23-33)43-45-37-8-2-5-11-41(37)49-43)34-24-17-30(18-25-34)44-46-38-9-3-6-12-42(38)50-44/h1-27H. The molecule has 0 aliphatic rings. The molecule has 0 spiro atoms. The lowest BCUT2D eigenvalue weighted by atomic mass is 10.0. The molecule has 0 unspecified atom stereocenters. The minimum Gasteiger partial charge on any atom is -0.456 e. The predicted molar refractivity (Wildman–Crippen MR) is 200 cm³/mol. The first-order valence-corrected chi connectivity index (χ1v) is 16.5. The summed E-state index contributed by atoms with van der Waals surface area (Å²) in [7, 11) is 0. The maximum Gasteiger partial charge on any atom is 0.227 e. The Labute approximate surface area is 286 Å². The van der Waals surface area contributed by atoms with E-state index >= 15 is 0 Å². The zero-order chi connectivity index (χ0) is 33.0. The third kappa shape index (κ3) is 4.81. The second-order valence-electron chi connectivity index (χ2n) is 12.3. The Bertz CT molecular complexity index is 2630. The van der Waals surface area contributed by atoms with E-state index in [0.29, 0.717) is 11.8 Å². The number of para-hydroxylation sites is 5. The fourth-order valence-electron chi connectivity index (χ4n) is 6.65. The van der Waals surface area contributed by atoms with Crippen molar-refractivity contribution < 1.29 is 13.3 Å². The molecule has 3 heterocycles. The molecule has 10 aromatic rings. The number of anilines is 3. The van der Waals surface area contributed by atoms with Crippen molar-refractivity contribution in [1.82, 2.24) is 9.97 Å². The molecule has 50 heavy (non-hydrogen) atoms. The SMILES string of the molecule is c1ccc2oc(-c3ccc(N(c4ccc(-c5ccc6oc7ccccc7c6c5)cc4)c4ccc(-c5nc6ccccc6o5)cc4)cc3)nc2c1. The maximum atomic E-state index is 6.07. The van der Waals surface area contributed by atoms with Gasteiger partial charge in [-0.05, 0) is 114 Å². The average molecular weight is 646 g/mol. The van der Waals surface area contributed by atoms with Crippen LogP contribution in [0.4, 0.5) is 17.1 Å². The van der Waals surface area contributed by atoms with Crippen LogP contribution in [0.2, 0.25) is 0 Å². The molecule has 0 atom stereocenters. The van der Waals surface area contributed by atoms with Crippen LogP contribution in [0.15, 0.2) is 177 Å². The van der Waals surface area contributed by atoms with Crippen LogP contribution >= 0.6 is 0 Å². The van der Waals surface area contributed by atoms with E-state index in [-0.39, 0.29) is 0 Å². The van der Waals surface area contributed by atoms with E-state index in [9.17, 15) is 0 Å². The van der Waals surface area contributed by atoms with Gasteiger partial charge in [-0.25, -0.2) is 9.97 Å². The van der Waals surface area contributed by atoms with Crippen LogP contribution in [0, 0.1) is 0 Å². The Hall–Kier alpha value is -6.92. The van der Waals surface area contributed by atoms with Gasteiger partial charge in [-0.2, -0.15) is 0 Å². The minimum atomic E-state index is 0.596. The molecule has 0 N–H and O–H groups in total. The number of rotatable bonds is 6. The van der Waals surface area contributed by atoms with Gasteiger partial charge in [-0.3, -0.25) is 0 Å². The second kappa shape index (κ2) is 11.4. The van der Waals surface area contributed by atoms with E-state index in [1.807, 2.05) is 66.7 Å². The van der Waals surface area contributed by atoms with Gasteiger partial charge in [0.2, 0.25) is 11.8 Å². The highest BCUT2D eigenvalue weighted by Crippen LogP contribution is 2.39. The summed E-state index contributed by atoms with van der Waals surface area (Å²) in [6.07, 6.45) is 0. The number of oxazole rings is 2. The second-order valence-corrected chi connectivity index (χ2v) is 12.3. The smallest absolute Gasteiger partial charge is 0.227 e. The maximum absolute atomic E-state index is 6.07. The summed E-state index contributed by atoms with van der Waals surface area (Å²) < 4.78 is 18.2. The number of aromatic nitrogens is 2. The van der Waals surface area contributed by atoms with Crippen molar-refractivity contribution >= 4 is 61.2 Å². The van der Waals surface area contributed by atoms with Crippen LogP contribution in [-0.4, -0.2) is 9.97 Å². The molecule has 6 nitrogen and oxygen atoms in total. The number of hydrogen-bond donors (Lipinski definition) is 0. The molecule has 0 fully saturated rings. The molecule has 0 aliphatic heterocycles. The van der Waals surface area contributed by atoms with Crippen molar-refractivity contribution in [2.75, 3.05) is 4.90 Å². The van der Waals surface area contributed by atoms with Crippen molar-refractivity contribution in [3.63, 3.8) is 0 Å². The monoisotopic (exact) mass is 645 g/mol. The molecule has 0 amide bonds. The predicted octanol–water partition coefficient (Wildman–Crippen LogP) is 12.3. The van der Waals surface area contributed by atoms with Crippen molar-refractivity contribution in [1.29, 1.82) is 0 Å². The van der Waals surface area contributed by atoms with E-state index in [1.54, 1.807) is 0 Å². The van der Waals surface area contributed by atoms with Crippen LogP contribution in [0.5, 0.6) is 0 Å². The van der Waals surface area contributed by atoms with Gasteiger partial charge in [0, 0.05) is 39.0 Å².